The Bertz CT molecular complexity index is 1640. The maximum atomic E-state index is 13.3. The Kier molecular flexibility index (Phi) is 7.36. The monoisotopic (exact) mass is 613 g/mol. The molecular formula is C25H23BrF3N3O5S. The Hall–Kier alpha value is -3.32. The fourth-order valence-corrected chi connectivity index (χ4v) is 6.15. The number of sulfone groups is 1. The fraction of sp³-hybridized carbons (Fsp3) is 0.280. The normalized spacial score (nSPS) is 12.3. The molecule has 4 rings (SSSR count). The highest BCUT2D eigenvalue weighted by atomic mass is 79.9. The zero-order valence-electron chi connectivity index (χ0n) is 20.5. The molecule has 1 N–H and O–H groups in total. The minimum Gasteiger partial charge on any atom is -0.506 e. The molecule has 0 saturated carbocycles. The second-order valence-corrected chi connectivity index (χ2v) is 11.4. The van der Waals surface area contributed by atoms with Gasteiger partial charge < -0.3 is 19.0 Å². The Morgan fingerprint density at radius 2 is 1.87 bits per heavy atom. The number of hydrogen-bond acceptors (Lipinski definition) is 6. The molecule has 38 heavy (non-hydrogen) atoms. The lowest BCUT2D eigenvalue weighted by Gasteiger charge is -2.13. The van der Waals surface area contributed by atoms with Crippen LogP contribution in [0.5, 0.6) is 5.75 Å². The fourth-order valence-electron chi connectivity index (χ4n) is 4.28. The van der Waals surface area contributed by atoms with Gasteiger partial charge in [-0.3, -0.25) is 0 Å². The molecule has 4 aromatic rings. The van der Waals surface area contributed by atoms with Crippen molar-refractivity contribution in [2.75, 3.05) is 6.61 Å². The van der Waals surface area contributed by atoms with Gasteiger partial charge in [-0.2, -0.15) is 13.2 Å². The van der Waals surface area contributed by atoms with Crippen molar-refractivity contribution in [3.63, 3.8) is 0 Å². The van der Waals surface area contributed by atoms with Gasteiger partial charge in [-0.1, -0.05) is 0 Å². The second kappa shape index (κ2) is 10.1. The molecule has 0 aliphatic carbocycles. The van der Waals surface area contributed by atoms with Gasteiger partial charge in [0.25, 0.3) is 0 Å². The first-order valence-electron chi connectivity index (χ1n) is 11.3. The second-order valence-electron chi connectivity index (χ2n) is 8.56. The standard InChI is InChI=1S/C25H23BrF3N3O5S/c1-4-37-24(34)22-20(13-38(35,36)16-7-5-15(6-8-16)25(27,28)29)31(3)19-11-18(26)23(33)17(21(19)22)12-32-10-9-30-14(32)2/h5-11,33H,4,12-13H2,1-3H3. The molecule has 0 atom stereocenters. The molecule has 0 amide bonds. The zero-order valence-corrected chi connectivity index (χ0v) is 22.9. The molecule has 0 aliphatic rings. The van der Waals surface area contributed by atoms with Gasteiger partial charge in [-0.15, -0.1) is 0 Å². The summed E-state index contributed by atoms with van der Waals surface area (Å²) in [6.07, 6.45) is -1.33. The molecule has 13 heteroatoms. The minimum atomic E-state index is -4.62. The van der Waals surface area contributed by atoms with Crippen LogP contribution in [-0.2, 0) is 40.1 Å². The molecule has 0 radical (unpaired) electrons. The smallest absolute Gasteiger partial charge is 0.416 e. The predicted molar refractivity (Wildman–Crippen MR) is 137 cm³/mol. The first-order chi connectivity index (χ1) is 17.8. The van der Waals surface area contributed by atoms with E-state index < -0.39 is 33.3 Å². The molecule has 0 fully saturated rings. The number of ether oxygens (including phenoxy) is 1. The molecule has 202 valence electrons. The summed E-state index contributed by atoms with van der Waals surface area (Å²) in [6.45, 7) is 3.50. The highest BCUT2D eigenvalue weighted by molar-refractivity contribution is 9.10. The number of imidazole rings is 1. The van der Waals surface area contributed by atoms with Gasteiger partial charge in [0.1, 0.15) is 11.6 Å². The number of fused-ring (bicyclic) bond motifs is 1. The summed E-state index contributed by atoms with van der Waals surface area (Å²) < 4.78 is 74.4. The first kappa shape index (κ1) is 27.7. The summed E-state index contributed by atoms with van der Waals surface area (Å²) in [6, 6.07) is 4.73. The third kappa shape index (κ3) is 5.04. The van der Waals surface area contributed by atoms with Crippen molar-refractivity contribution in [2.45, 2.75) is 37.2 Å². The number of esters is 1. The molecule has 2 aromatic heterocycles. The number of rotatable bonds is 7. The van der Waals surface area contributed by atoms with Gasteiger partial charge in [0.05, 0.1) is 44.9 Å². The molecule has 8 nitrogen and oxygen atoms in total. The van der Waals surface area contributed by atoms with Crippen molar-refractivity contribution in [3.05, 3.63) is 75.4 Å². The first-order valence-corrected chi connectivity index (χ1v) is 13.8. The highest BCUT2D eigenvalue weighted by Gasteiger charge is 2.33. The summed E-state index contributed by atoms with van der Waals surface area (Å²) in [5, 5.41) is 11.3. The predicted octanol–water partition coefficient (Wildman–Crippen LogP) is 5.37. The van der Waals surface area contributed by atoms with Gasteiger partial charge in [0.2, 0.25) is 0 Å². The summed E-state index contributed by atoms with van der Waals surface area (Å²) in [5.74, 6) is -0.976. The third-order valence-electron chi connectivity index (χ3n) is 6.24. The van der Waals surface area contributed by atoms with Gasteiger partial charge in [0.15, 0.2) is 9.84 Å². The summed E-state index contributed by atoms with van der Waals surface area (Å²) in [5.41, 5.74) is -0.168. The van der Waals surface area contributed by atoms with Crippen LogP contribution in [0.4, 0.5) is 13.2 Å². The van der Waals surface area contributed by atoms with Crippen LogP contribution in [0.2, 0.25) is 0 Å². The van der Waals surface area contributed by atoms with Crippen LogP contribution in [0.15, 0.2) is 52.1 Å². The van der Waals surface area contributed by atoms with E-state index in [0.29, 0.717) is 38.9 Å². The van der Waals surface area contributed by atoms with Crippen molar-refractivity contribution in [1.29, 1.82) is 0 Å². The average Bonchev–Trinajstić information content (AvgIpc) is 3.36. The highest BCUT2D eigenvalue weighted by Crippen LogP contribution is 2.40. The van der Waals surface area contributed by atoms with E-state index in [1.807, 2.05) is 0 Å². The van der Waals surface area contributed by atoms with Crippen molar-refractivity contribution < 1.29 is 36.2 Å². The Morgan fingerprint density at radius 3 is 2.42 bits per heavy atom. The molecule has 0 aliphatic heterocycles. The molecule has 0 bridgehead atoms. The third-order valence-corrected chi connectivity index (χ3v) is 8.49. The van der Waals surface area contributed by atoms with Crippen LogP contribution >= 0.6 is 15.9 Å². The van der Waals surface area contributed by atoms with Crippen molar-refractivity contribution in [1.82, 2.24) is 14.1 Å². The number of hydrogen-bond donors (Lipinski definition) is 1. The number of halogens is 4. The van der Waals surface area contributed by atoms with Crippen molar-refractivity contribution >= 4 is 42.6 Å². The van der Waals surface area contributed by atoms with E-state index in [0.717, 1.165) is 12.1 Å². The lowest BCUT2D eigenvalue weighted by Crippen LogP contribution is -2.14. The number of aromatic nitrogens is 3. The SMILES string of the molecule is CCOC(=O)c1c(CS(=O)(=O)c2ccc(C(F)(F)F)cc2)n(C)c2cc(Br)c(O)c(Cn3ccnc3C)c12. The van der Waals surface area contributed by atoms with Crippen LogP contribution in [0, 0.1) is 6.92 Å². The van der Waals surface area contributed by atoms with E-state index in [9.17, 15) is 31.5 Å². The zero-order chi connectivity index (χ0) is 28.0. The van der Waals surface area contributed by atoms with E-state index in [1.165, 1.54) is 4.57 Å². The quantitative estimate of drug-likeness (QED) is 0.281. The number of benzene rings is 2. The van der Waals surface area contributed by atoms with Crippen LogP contribution in [-0.4, -0.2) is 40.2 Å². The van der Waals surface area contributed by atoms with E-state index >= 15 is 0 Å². The van der Waals surface area contributed by atoms with E-state index in [-0.39, 0.29) is 35.1 Å². The molecular weight excluding hydrogens is 591 g/mol. The Labute approximate surface area is 224 Å². The van der Waals surface area contributed by atoms with Crippen molar-refractivity contribution in [3.8, 4) is 5.75 Å². The number of aryl methyl sites for hydroxylation is 2. The van der Waals surface area contributed by atoms with Crippen LogP contribution < -0.4 is 0 Å². The number of phenols is 1. The lowest BCUT2D eigenvalue weighted by atomic mass is 10.0. The minimum absolute atomic E-state index is 0.0127. The average molecular weight is 614 g/mol. The summed E-state index contributed by atoms with van der Waals surface area (Å²) in [4.78, 5) is 17.1. The summed E-state index contributed by atoms with van der Waals surface area (Å²) in [7, 11) is -2.62. The molecule has 0 unspecified atom stereocenters. The Balaban J connectivity index is 1.93. The molecule has 0 saturated heterocycles. The maximum Gasteiger partial charge on any atom is 0.416 e. The van der Waals surface area contributed by atoms with E-state index in [1.54, 1.807) is 43.9 Å². The topological polar surface area (TPSA) is 103 Å². The maximum absolute atomic E-state index is 13.3. The van der Waals surface area contributed by atoms with Gasteiger partial charge in [-0.05, 0) is 60.1 Å². The number of alkyl halides is 3. The van der Waals surface area contributed by atoms with Gasteiger partial charge in [0, 0.05) is 36.1 Å². The van der Waals surface area contributed by atoms with E-state index in [2.05, 4.69) is 20.9 Å². The van der Waals surface area contributed by atoms with Crippen LogP contribution in [0.1, 0.15) is 39.9 Å². The number of carbonyl (C=O) groups excluding carboxylic acids is 1. The van der Waals surface area contributed by atoms with Gasteiger partial charge >= 0.3 is 12.1 Å². The molecule has 0 spiro atoms. The Morgan fingerprint density at radius 1 is 1.21 bits per heavy atom. The summed E-state index contributed by atoms with van der Waals surface area (Å²) >= 11 is 3.33. The number of carbonyl (C=O) groups is 1. The van der Waals surface area contributed by atoms with Crippen molar-refractivity contribution in [2.24, 2.45) is 7.05 Å². The number of nitrogens with zero attached hydrogens (tertiary/aromatic N) is 3. The van der Waals surface area contributed by atoms with E-state index in [4.69, 9.17) is 4.74 Å². The van der Waals surface area contributed by atoms with Crippen LogP contribution in [0.3, 0.4) is 0 Å². The number of phenolic OH excluding ortho intramolecular Hbond substituents is 1. The molecule has 2 heterocycles. The lowest BCUT2D eigenvalue weighted by molar-refractivity contribution is -0.137. The van der Waals surface area contributed by atoms with Gasteiger partial charge in [-0.25, -0.2) is 18.2 Å². The largest absolute Gasteiger partial charge is 0.506 e. The molecule has 2 aromatic carbocycles. The van der Waals surface area contributed by atoms with Crippen LogP contribution in [0.25, 0.3) is 10.9 Å². The number of aromatic hydroxyl groups is 1.